The number of amides is 2. The number of hydrogen-bond donors (Lipinski definition) is 2. The standard InChI is InChI=1S/C20H17FN2O2S2/c1-13(19(24)23-17-6-3-2-5-16(17)21)27-15-10-8-14(9-11-15)22-20(25)18-7-4-12-26-18/h2-13H,1H3,(H,22,25)(H,23,24). The van der Waals surface area contributed by atoms with Gasteiger partial charge in [-0.3, -0.25) is 9.59 Å². The molecule has 2 N–H and O–H groups in total. The number of nitrogens with one attached hydrogen (secondary N) is 2. The number of anilines is 2. The minimum atomic E-state index is -0.464. The van der Waals surface area contributed by atoms with E-state index in [9.17, 15) is 14.0 Å². The van der Waals surface area contributed by atoms with Gasteiger partial charge < -0.3 is 10.6 Å². The van der Waals surface area contributed by atoms with Crippen molar-refractivity contribution >= 4 is 46.3 Å². The molecule has 1 heterocycles. The average Bonchev–Trinajstić information content (AvgIpc) is 3.20. The molecule has 27 heavy (non-hydrogen) atoms. The smallest absolute Gasteiger partial charge is 0.265 e. The van der Waals surface area contributed by atoms with Crippen LogP contribution in [-0.2, 0) is 4.79 Å². The number of rotatable bonds is 6. The van der Waals surface area contributed by atoms with Crippen molar-refractivity contribution in [2.45, 2.75) is 17.1 Å². The van der Waals surface area contributed by atoms with E-state index in [0.717, 1.165) is 4.90 Å². The van der Waals surface area contributed by atoms with Gasteiger partial charge >= 0.3 is 0 Å². The van der Waals surface area contributed by atoms with E-state index < -0.39 is 11.1 Å². The molecule has 1 atom stereocenters. The molecule has 0 saturated heterocycles. The van der Waals surface area contributed by atoms with E-state index in [1.807, 2.05) is 23.6 Å². The fraction of sp³-hybridized carbons (Fsp3) is 0.100. The van der Waals surface area contributed by atoms with Crippen molar-refractivity contribution in [2.75, 3.05) is 10.6 Å². The first kappa shape index (κ1) is 19.1. The predicted molar refractivity (Wildman–Crippen MR) is 109 cm³/mol. The Balaban J connectivity index is 1.56. The fourth-order valence-electron chi connectivity index (χ4n) is 2.27. The summed E-state index contributed by atoms with van der Waals surface area (Å²) in [6, 6.07) is 16.9. The number of halogens is 1. The van der Waals surface area contributed by atoms with Gasteiger partial charge in [0.15, 0.2) is 0 Å². The molecule has 0 spiro atoms. The molecule has 0 saturated carbocycles. The Labute approximate surface area is 164 Å². The minimum Gasteiger partial charge on any atom is -0.323 e. The van der Waals surface area contributed by atoms with Gasteiger partial charge in [0.05, 0.1) is 15.8 Å². The van der Waals surface area contributed by atoms with Crippen molar-refractivity contribution in [3.63, 3.8) is 0 Å². The molecule has 1 unspecified atom stereocenters. The van der Waals surface area contributed by atoms with Crippen LogP contribution in [0.15, 0.2) is 70.9 Å². The molecule has 0 bridgehead atoms. The molecule has 0 aliphatic carbocycles. The maximum atomic E-state index is 13.6. The number of thioether (sulfide) groups is 1. The van der Waals surface area contributed by atoms with E-state index in [1.165, 1.54) is 35.2 Å². The van der Waals surface area contributed by atoms with Crippen molar-refractivity contribution in [2.24, 2.45) is 0 Å². The molecule has 3 rings (SSSR count). The van der Waals surface area contributed by atoms with Crippen LogP contribution >= 0.6 is 23.1 Å². The summed E-state index contributed by atoms with van der Waals surface area (Å²) in [7, 11) is 0. The molecule has 138 valence electrons. The Morgan fingerprint density at radius 3 is 2.41 bits per heavy atom. The third-order valence-electron chi connectivity index (χ3n) is 3.67. The van der Waals surface area contributed by atoms with Gasteiger partial charge in [0, 0.05) is 10.6 Å². The van der Waals surface area contributed by atoms with Crippen LogP contribution in [-0.4, -0.2) is 17.1 Å². The highest BCUT2D eigenvalue weighted by Crippen LogP contribution is 2.26. The van der Waals surface area contributed by atoms with Crippen LogP contribution < -0.4 is 10.6 Å². The van der Waals surface area contributed by atoms with Crippen LogP contribution in [0.25, 0.3) is 0 Å². The van der Waals surface area contributed by atoms with Gasteiger partial charge in [-0.05, 0) is 54.8 Å². The molecular weight excluding hydrogens is 383 g/mol. The van der Waals surface area contributed by atoms with Crippen LogP contribution in [0.1, 0.15) is 16.6 Å². The molecule has 4 nitrogen and oxygen atoms in total. The van der Waals surface area contributed by atoms with Gasteiger partial charge in [-0.15, -0.1) is 23.1 Å². The van der Waals surface area contributed by atoms with Gasteiger partial charge in [-0.1, -0.05) is 18.2 Å². The van der Waals surface area contributed by atoms with Crippen molar-refractivity contribution in [3.8, 4) is 0 Å². The lowest BCUT2D eigenvalue weighted by Gasteiger charge is -2.13. The normalized spacial score (nSPS) is 11.6. The Hall–Kier alpha value is -2.64. The zero-order valence-corrected chi connectivity index (χ0v) is 16.1. The highest BCUT2D eigenvalue weighted by molar-refractivity contribution is 8.00. The molecule has 0 fully saturated rings. The summed E-state index contributed by atoms with van der Waals surface area (Å²) in [5, 5.41) is 6.86. The molecule has 1 aromatic heterocycles. The van der Waals surface area contributed by atoms with Crippen molar-refractivity contribution in [1.29, 1.82) is 0 Å². The maximum absolute atomic E-state index is 13.6. The lowest BCUT2D eigenvalue weighted by Crippen LogP contribution is -2.22. The molecule has 7 heteroatoms. The minimum absolute atomic E-state index is 0.150. The van der Waals surface area contributed by atoms with Crippen molar-refractivity contribution in [3.05, 3.63) is 76.7 Å². The van der Waals surface area contributed by atoms with Crippen LogP contribution in [0, 0.1) is 5.82 Å². The summed E-state index contributed by atoms with van der Waals surface area (Å²) in [6.07, 6.45) is 0. The zero-order chi connectivity index (χ0) is 19.2. The third kappa shape index (κ3) is 5.18. The molecule has 0 aliphatic heterocycles. The second-order valence-corrected chi connectivity index (χ2v) is 8.05. The lowest BCUT2D eigenvalue weighted by atomic mass is 10.3. The third-order valence-corrected chi connectivity index (χ3v) is 5.65. The number of para-hydroxylation sites is 1. The van der Waals surface area contributed by atoms with Gasteiger partial charge in [-0.2, -0.15) is 0 Å². The topological polar surface area (TPSA) is 58.2 Å². The van der Waals surface area contributed by atoms with Gasteiger partial charge in [0.1, 0.15) is 5.82 Å². The van der Waals surface area contributed by atoms with Crippen LogP contribution in [0.2, 0.25) is 0 Å². The summed E-state index contributed by atoms with van der Waals surface area (Å²) >= 11 is 2.74. The largest absolute Gasteiger partial charge is 0.323 e. The van der Waals surface area contributed by atoms with Crippen LogP contribution in [0.3, 0.4) is 0 Å². The molecule has 0 radical (unpaired) electrons. The Morgan fingerprint density at radius 2 is 1.74 bits per heavy atom. The predicted octanol–water partition coefficient (Wildman–Crippen LogP) is 5.26. The second-order valence-electron chi connectivity index (χ2n) is 5.68. The van der Waals surface area contributed by atoms with Crippen LogP contribution in [0.4, 0.5) is 15.8 Å². The van der Waals surface area contributed by atoms with E-state index in [-0.39, 0.29) is 17.5 Å². The van der Waals surface area contributed by atoms with E-state index in [4.69, 9.17) is 0 Å². The number of hydrogen-bond acceptors (Lipinski definition) is 4. The summed E-state index contributed by atoms with van der Waals surface area (Å²) < 4.78 is 13.6. The van der Waals surface area contributed by atoms with E-state index >= 15 is 0 Å². The Kier molecular flexibility index (Phi) is 6.26. The van der Waals surface area contributed by atoms with E-state index in [0.29, 0.717) is 10.6 Å². The lowest BCUT2D eigenvalue weighted by molar-refractivity contribution is -0.115. The van der Waals surface area contributed by atoms with Crippen molar-refractivity contribution < 1.29 is 14.0 Å². The summed E-state index contributed by atoms with van der Waals surface area (Å²) in [4.78, 5) is 25.8. The van der Waals surface area contributed by atoms with Gasteiger partial charge in [0.2, 0.25) is 5.91 Å². The first-order valence-electron chi connectivity index (χ1n) is 8.20. The maximum Gasteiger partial charge on any atom is 0.265 e. The number of carbonyl (C=O) groups excluding carboxylic acids is 2. The second kappa shape index (κ2) is 8.83. The summed E-state index contributed by atoms with van der Waals surface area (Å²) in [5.74, 6) is -0.892. The zero-order valence-electron chi connectivity index (χ0n) is 14.4. The number of thiophene rings is 1. The molecule has 2 aromatic carbocycles. The Morgan fingerprint density at radius 1 is 1.00 bits per heavy atom. The molecule has 0 aliphatic rings. The summed E-state index contributed by atoms with van der Waals surface area (Å²) in [6.45, 7) is 1.76. The van der Waals surface area contributed by atoms with E-state index in [1.54, 1.807) is 37.3 Å². The molecule has 3 aromatic rings. The SMILES string of the molecule is CC(Sc1ccc(NC(=O)c2cccs2)cc1)C(=O)Nc1ccccc1F. The number of benzene rings is 2. The van der Waals surface area contributed by atoms with Crippen LogP contribution in [0.5, 0.6) is 0 Å². The Bertz CT molecular complexity index is 927. The van der Waals surface area contributed by atoms with E-state index in [2.05, 4.69) is 10.6 Å². The summed E-state index contributed by atoms with van der Waals surface area (Å²) in [5.41, 5.74) is 0.850. The fourth-order valence-corrected chi connectivity index (χ4v) is 3.76. The van der Waals surface area contributed by atoms with Gasteiger partial charge in [0.25, 0.3) is 5.91 Å². The molecule has 2 amide bonds. The molecular formula is C20H17FN2O2S2. The first-order valence-corrected chi connectivity index (χ1v) is 9.96. The number of carbonyl (C=O) groups is 2. The highest BCUT2D eigenvalue weighted by atomic mass is 32.2. The van der Waals surface area contributed by atoms with Gasteiger partial charge in [-0.25, -0.2) is 4.39 Å². The van der Waals surface area contributed by atoms with Crippen molar-refractivity contribution in [1.82, 2.24) is 0 Å². The quantitative estimate of drug-likeness (QED) is 0.555. The highest BCUT2D eigenvalue weighted by Gasteiger charge is 2.16. The first-order chi connectivity index (χ1) is 13.0. The average molecular weight is 401 g/mol. The monoisotopic (exact) mass is 400 g/mol.